The fraction of sp³-hybridized carbons (Fsp3) is 0.154. The zero-order chi connectivity index (χ0) is 21.8. The predicted octanol–water partition coefficient (Wildman–Crippen LogP) is 5.73. The maximum atomic E-state index is 13.3. The summed E-state index contributed by atoms with van der Waals surface area (Å²) in [4.78, 5) is 18.0. The van der Waals surface area contributed by atoms with Gasteiger partial charge in [0.1, 0.15) is 0 Å². The van der Waals surface area contributed by atoms with Crippen molar-refractivity contribution in [3.63, 3.8) is 0 Å². The van der Waals surface area contributed by atoms with Crippen molar-refractivity contribution in [1.82, 2.24) is 4.98 Å². The van der Waals surface area contributed by atoms with Crippen molar-refractivity contribution >= 4 is 22.5 Å². The molecule has 4 rings (SSSR count). The topological polar surface area (TPSA) is 60.5 Å². The number of anilines is 1. The summed E-state index contributed by atoms with van der Waals surface area (Å²) >= 11 is 0. The quantitative estimate of drug-likeness (QED) is 0.439. The number of para-hydroxylation sites is 1. The third-order valence-corrected chi connectivity index (χ3v) is 5.23. The molecule has 1 amide bonds. The van der Waals surface area contributed by atoms with Gasteiger partial charge in [0.25, 0.3) is 5.91 Å². The fourth-order valence-corrected chi connectivity index (χ4v) is 3.57. The molecule has 0 unspecified atom stereocenters. The second-order valence-corrected chi connectivity index (χ2v) is 7.15. The molecule has 0 aliphatic heterocycles. The number of nitrogens with one attached hydrogen (secondary N) is 1. The van der Waals surface area contributed by atoms with Gasteiger partial charge < -0.3 is 14.8 Å². The first-order valence-electron chi connectivity index (χ1n) is 10.2. The summed E-state index contributed by atoms with van der Waals surface area (Å²) in [6.07, 6.45) is 0.908. The van der Waals surface area contributed by atoms with Crippen molar-refractivity contribution in [2.45, 2.75) is 13.3 Å². The van der Waals surface area contributed by atoms with Gasteiger partial charge in [0, 0.05) is 16.6 Å². The van der Waals surface area contributed by atoms with Crippen LogP contribution in [-0.2, 0) is 6.42 Å². The number of benzene rings is 3. The lowest BCUT2D eigenvalue weighted by Gasteiger charge is -2.13. The van der Waals surface area contributed by atoms with Gasteiger partial charge >= 0.3 is 0 Å². The first kappa shape index (κ1) is 20.4. The highest BCUT2D eigenvalue weighted by atomic mass is 16.5. The highest BCUT2D eigenvalue weighted by Gasteiger charge is 2.15. The first-order chi connectivity index (χ1) is 15.1. The van der Waals surface area contributed by atoms with Crippen LogP contribution in [0.4, 0.5) is 5.69 Å². The summed E-state index contributed by atoms with van der Waals surface area (Å²) < 4.78 is 10.8. The number of rotatable bonds is 6. The van der Waals surface area contributed by atoms with Crippen molar-refractivity contribution in [3.05, 3.63) is 83.9 Å². The molecule has 1 heterocycles. The number of ether oxygens (including phenoxy) is 2. The van der Waals surface area contributed by atoms with Crippen LogP contribution in [0, 0.1) is 0 Å². The number of aryl methyl sites for hydroxylation is 1. The molecule has 0 aliphatic rings. The van der Waals surface area contributed by atoms with Crippen molar-refractivity contribution in [1.29, 1.82) is 0 Å². The fourth-order valence-electron chi connectivity index (χ4n) is 3.57. The average molecular weight is 412 g/mol. The molecule has 4 aromatic rings. The molecule has 1 N–H and O–H groups in total. The number of hydrogen-bond acceptors (Lipinski definition) is 4. The number of nitrogens with zero attached hydrogens (tertiary/aromatic N) is 1. The van der Waals surface area contributed by atoms with Crippen LogP contribution in [0.3, 0.4) is 0 Å². The van der Waals surface area contributed by atoms with E-state index in [-0.39, 0.29) is 5.91 Å². The van der Waals surface area contributed by atoms with Crippen molar-refractivity contribution in [2.75, 3.05) is 19.5 Å². The van der Waals surface area contributed by atoms with Crippen molar-refractivity contribution in [2.24, 2.45) is 0 Å². The molecular weight excluding hydrogens is 388 g/mol. The average Bonchev–Trinajstić information content (AvgIpc) is 2.82. The van der Waals surface area contributed by atoms with E-state index < -0.39 is 0 Å². The van der Waals surface area contributed by atoms with Crippen LogP contribution in [0.2, 0.25) is 0 Å². The van der Waals surface area contributed by atoms with Gasteiger partial charge in [-0.1, -0.05) is 37.3 Å². The molecule has 5 nitrogen and oxygen atoms in total. The number of carbonyl (C=O) groups is 1. The number of carbonyl (C=O) groups excluding carboxylic acids is 1. The van der Waals surface area contributed by atoms with Gasteiger partial charge in [-0.3, -0.25) is 4.79 Å². The number of aromatic nitrogens is 1. The third-order valence-electron chi connectivity index (χ3n) is 5.23. The van der Waals surface area contributed by atoms with Crippen LogP contribution in [0.15, 0.2) is 72.8 Å². The van der Waals surface area contributed by atoms with Crippen LogP contribution >= 0.6 is 0 Å². The van der Waals surface area contributed by atoms with E-state index in [9.17, 15) is 4.79 Å². The summed E-state index contributed by atoms with van der Waals surface area (Å²) in [5.41, 5.74) is 4.79. The van der Waals surface area contributed by atoms with E-state index in [0.717, 1.165) is 28.6 Å². The molecule has 1 aromatic heterocycles. The van der Waals surface area contributed by atoms with Crippen molar-refractivity contribution in [3.8, 4) is 22.8 Å². The Hall–Kier alpha value is -3.86. The molecule has 0 spiro atoms. The molecule has 0 bridgehead atoms. The molecule has 0 saturated carbocycles. The van der Waals surface area contributed by atoms with Gasteiger partial charge in [0.05, 0.1) is 31.0 Å². The minimum absolute atomic E-state index is 0.173. The van der Waals surface area contributed by atoms with Crippen molar-refractivity contribution < 1.29 is 14.3 Å². The van der Waals surface area contributed by atoms with E-state index in [1.807, 2.05) is 72.8 Å². The zero-order valence-electron chi connectivity index (χ0n) is 17.8. The van der Waals surface area contributed by atoms with E-state index in [1.54, 1.807) is 14.2 Å². The van der Waals surface area contributed by atoms with Crippen LogP contribution in [0.25, 0.3) is 22.2 Å². The Kier molecular flexibility index (Phi) is 5.85. The van der Waals surface area contributed by atoms with Gasteiger partial charge in [0.2, 0.25) is 0 Å². The van der Waals surface area contributed by atoms with Gasteiger partial charge in [-0.2, -0.15) is 0 Å². The SMILES string of the molecule is CCc1cccc(NC(=O)c2cc(-c3ccc(OC)c(OC)c3)nc3ccccc23)c1. The summed E-state index contributed by atoms with van der Waals surface area (Å²) in [5, 5.41) is 3.83. The van der Waals surface area contributed by atoms with E-state index in [1.165, 1.54) is 5.56 Å². The first-order valence-corrected chi connectivity index (χ1v) is 10.2. The van der Waals surface area contributed by atoms with E-state index in [2.05, 4.69) is 12.2 Å². The smallest absolute Gasteiger partial charge is 0.256 e. The lowest BCUT2D eigenvalue weighted by molar-refractivity contribution is 0.102. The van der Waals surface area contributed by atoms with Crippen LogP contribution in [0.1, 0.15) is 22.8 Å². The maximum Gasteiger partial charge on any atom is 0.256 e. The Morgan fingerprint density at radius 2 is 1.71 bits per heavy atom. The van der Waals surface area contributed by atoms with Crippen LogP contribution in [0.5, 0.6) is 11.5 Å². The predicted molar refractivity (Wildman–Crippen MR) is 124 cm³/mol. The molecule has 0 atom stereocenters. The van der Waals surface area contributed by atoms with E-state index >= 15 is 0 Å². The molecule has 0 aliphatic carbocycles. The Labute approximate surface area is 181 Å². The Morgan fingerprint density at radius 1 is 0.903 bits per heavy atom. The minimum atomic E-state index is -0.173. The highest BCUT2D eigenvalue weighted by molar-refractivity contribution is 6.13. The highest BCUT2D eigenvalue weighted by Crippen LogP contribution is 2.33. The van der Waals surface area contributed by atoms with Gasteiger partial charge in [-0.15, -0.1) is 0 Å². The number of pyridine rings is 1. The molecule has 3 aromatic carbocycles. The molecule has 0 radical (unpaired) electrons. The third kappa shape index (κ3) is 4.21. The summed E-state index contributed by atoms with van der Waals surface area (Å²) in [6.45, 7) is 2.09. The lowest BCUT2D eigenvalue weighted by Crippen LogP contribution is -2.13. The van der Waals surface area contributed by atoms with Crippen LogP contribution in [-0.4, -0.2) is 25.1 Å². The molecule has 0 fully saturated rings. The Balaban J connectivity index is 1.79. The Morgan fingerprint density at radius 3 is 2.48 bits per heavy atom. The molecule has 5 heteroatoms. The van der Waals surface area contributed by atoms with Gasteiger partial charge in [-0.05, 0) is 54.4 Å². The summed E-state index contributed by atoms with van der Waals surface area (Å²) in [6, 6.07) is 23.0. The molecule has 0 saturated heterocycles. The number of hydrogen-bond donors (Lipinski definition) is 1. The second kappa shape index (κ2) is 8.88. The number of methoxy groups -OCH3 is 2. The largest absolute Gasteiger partial charge is 0.493 e. The van der Waals surface area contributed by atoms with Gasteiger partial charge in [0.15, 0.2) is 11.5 Å². The van der Waals surface area contributed by atoms with Gasteiger partial charge in [-0.25, -0.2) is 4.98 Å². The standard InChI is InChI=1S/C26H24N2O3/c1-4-17-8-7-9-19(14-17)27-26(29)21-16-23(28-22-11-6-5-10-20(21)22)18-12-13-24(30-2)25(15-18)31-3/h5-16H,4H2,1-3H3,(H,27,29). The lowest BCUT2D eigenvalue weighted by atomic mass is 10.0. The number of fused-ring (bicyclic) bond motifs is 1. The second-order valence-electron chi connectivity index (χ2n) is 7.15. The molecular formula is C26H24N2O3. The number of amides is 1. The Bertz CT molecular complexity index is 1250. The molecule has 31 heavy (non-hydrogen) atoms. The monoisotopic (exact) mass is 412 g/mol. The minimum Gasteiger partial charge on any atom is -0.493 e. The summed E-state index contributed by atoms with van der Waals surface area (Å²) in [7, 11) is 3.19. The summed E-state index contributed by atoms with van der Waals surface area (Å²) in [5.74, 6) is 1.08. The van der Waals surface area contributed by atoms with E-state index in [4.69, 9.17) is 14.5 Å². The molecule has 156 valence electrons. The maximum absolute atomic E-state index is 13.3. The van der Waals surface area contributed by atoms with Crippen LogP contribution < -0.4 is 14.8 Å². The normalized spacial score (nSPS) is 10.7. The van der Waals surface area contributed by atoms with E-state index in [0.29, 0.717) is 22.8 Å². The zero-order valence-corrected chi connectivity index (χ0v) is 17.8.